The van der Waals surface area contributed by atoms with Crippen LogP contribution in [0.5, 0.6) is 5.75 Å². The van der Waals surface area contributed by atoms with Gasteiger partial charge < -0.3 is 14.8 Å². The molecular weight excluding hydrogens is 502 g/mol. The SMILES string of the molecule is CCOC(=O)COc1ccc(C=NNC(=O)CCC(=O)Nc2ccc(C)c(Cl)c2)cc1Br. The van der Waals surface area contributed by atoms with Gasteiger partial charge in [-0.15, -0.1) is 0 Å². The standard InChI is InChI=1S/C22H23BrClN3O5/c1-3-31-22(30)13-32-19-7-5-15(10-17(19)23)12-25-27-21(29)9-8-20(28)26-16-6-4-14(2)18(24)11-16/h4-7,10-12H,3,8-9,13H2,1-2H3,(H,26,28)(H,27,29). The third kappa shape index (κ3) is 8.68. The molecule has 2 N–H and O–H groups in total. The average molecular weight is 525 g/mol. The summed E-state index contributed by atoms with van der Waals surface area (Å²) in [6.07, 6.45) is 1.43. The smallest absolute Gasteiger partial charge is 0.344 e. The molecule has 0 fully saturated rings. The van der Waals surface area contributed by atoms with E-state index in [2.05, 4.69) is 31.8 Å². The molecule has 0 aliphatic heterocycles. The zero-order chi connectivity index (χ0) is 23.5. The summed E-state index contributed by atoms with van der Waals surface area (Å²) in [5, 5.41) is 7.14. The van der Waals surface area contributed by atoms with Crippen molar-refractivity contribution < 1.29 is 23.9 Å². The number of anilines is 1. The largest absolute Gasteiger partial charge is 0.481 e. The Bertz CT molecular complexity index is 1010. The minimum absolute atomic E-state index is 0.00486. The Morgan fingerprint density at radius 2 is 1.88 bits per heavy atom. The second-order valence-electron chi connectivity index (χ2n) is 6.59. The van der Waals surface area contributed by atoms with E-state index in [4.69, 9.17) is 21.1 Å². The molecule has 0 saturated carbocycles. The van der Waals surface area contributed by atoms with Crippen molar-refractivity contribution >= 4 is 57.2 Å². The van der Waals surface area contributed by atoms with Gasteiger partial charge in [0.15, 0.2) is 6.61 Å². The summed E-state index contributed by atoms with van der Waals surface area (Å²) < 4.78 is 10.8. The Labute approximate surface area is 199 Å². The number of benzene rings is 2. The molecule has 0 saturated heterocycles. The van der Waals surface area contributed by atoms with E-state index >= 15 is 0 Å². The molecule has 0 bridgehead atoms. The van der Waals surface area contributed by atoms with Gasteiger partial charge in [0.2, 0.25) is 11.8 Å². The Kier molecular flexibility index (Phi) is 10.2. The number of ether oxygens (including phenoxy) is 2. The van der Waals surface area contributed by atoms with Crippen molar-refractivity contribution in [3.8, 4) is 5.75 Å². The molecule has 170 valence electrons. The monoisotopic (exact) mass is 523 g/mol. The van der Waals surface area contributed by atoms with E-state index in [1.54, 1.807) is 43.3 Å². The number of carbonyl (C=O) groups excluding carboxylic acids is 3. The summed E-state index contributed by atoms with van der Waals surface area (Å²) in [5.41, 5.74) is 4.55. The van der Waals surface area contributed by atoms with E-state index in [1.165, 1.54) is 6.21 Å². The van der Waals surface area contributed by atoms with Crippen LogP contribution in [-0.2, 0) is 19.1 Å². The number of hydrazone groups is 1. The van der Waals surface area contributed by atoms with Crippen LogP contribution >= 0.6 is 27.5 Å². The molecular formula is C22H23BrClN3O5. The minimum atomic E-state index is -0.455. The summed E-state index contributed by atoms with van der Waals surface area (Å²) in [7, 11) is 0. The van der Waals surface area contributed by atoms with E-state index in [0.29, 0.717) is 26.5 Å². The Balaban J connectivity index is 1.76. The molecule has 0 spiro atoms. The Morgan fingerprint density at radius 3 is 2.56 bits per heavy atom. The number of halogens is 2. The summed E-state index contributed by atoms with van der Waals surface area (Å²) in [6, 6.07) is 10.3. The highest BCUT2D eigenvalue weighted by Crippen LogP contribution is 2.25. The van der Waals surface area contributed by atoms with Gasteiger partial charge in [-0.05, 0) is 71.2 Å². The number of hydrogen-bond donors (Lipinski definition) is 2. The average Bonchev–Trinajstić information content (AvgIpc) is 2.74. The van der Waals surface area contributed by atoms with Crippen LogP contribution in [0.1, 0.15) is 30.9 Å². The maximum atomic E-state index is 12.0. The predicted molar refractivity (Wildman–Crippen MR) is 126 cm³/mol. The molecule has 0 atom stereocenters. The molecule has 0 aromatic heterocycles. The number of esters is 1. The lowest BCUT2D eigenvalue weighted by Crippen LogP contribution is -2.20. The van der Waals surface area contributed by atoms with Crippen LogP contribution in [0.2, 0.25) is 5.02 Å². The van der Waals surface area contributed by atoms with Crippen LogP contribution in [0.25, 0.3) is 0 Å². The van der Waals surface area contributed by atoms with Gasteiger partial charge in [0.1, 0.15) is 5.75 Å². The molecule has 0 aliphatic carbocycles. The van der Waals surface area contributed by atoms with E-state index in [9.17, 15) is 14.4 Å². The van der Waals surface area contributed by atoms with Gasteiger partial charge in [0, 0.05) is 23.6 Å². The quantitative estimate of drug-likeness (QED) is 0.275. The number of carbonyl (C=O) groups is 3. The minimum Gasteiger partial charge on any atom is -0.481 e. The van der Waals surface area contributed by atoms with E-state index < -0.39 is 11.9 Å². The Morgan fingerprint density at radius 1 is 1.12 bits per heavy atom. The van der Waals surface area contributed by atoms with Crippen molar-refractivity contribution in [2.75, 3.05) is 18.5 Å². The van der Waals surface area contributed by atoms with Crippen molar-refractivity contribution in [2.24, 2.45) is 5.10 Å². The fourth-order valence-corrected chi connectivity index (χ4v) is 3.10. The molecule has 0 unspecified atom stereocenters. The predicted octanol–water partition coefficient (Wildman–Crippen LogP) is 4.22. The fraction of sp³-hybridized carbons (Fsp3) is 0.273. The molecule has 0 heterocycles. The van der Waals surface area contributed by atoms with E-state index in [-0.39, 0.29) is 32.0 Å². The molecule has 0 aliphatic rings. The van der Waals surface area contributed by atoms with Crippen LogP contribution < -0.4 is 15.5 Å². The van der Waals surface area contributed by atoms with Crippen LogP contribution in [0, 0.1) is 6.92 Å². The third-order valence-electron chi connectivity index (χ3n) is 4.04. The highest BCUT2D eigenvalue weighted by molar-refractivity contribution is 9.10. The Hall–Kier alpha value is -2.91. The molecule has 2 rings (SSSR count). The molecule has 0 radical (unpaired) electrons. The summed E-state index contributed by atoms with van der Waals surface area (Å²) in [4.78, 5) is 35.3. The molecule has 2 aromatic carbocycles. The van der Waals surface area contributed by atoms with Gasteiger partial charge in [-0.1, -0.05) is 17.7 Å². The second kappa shape index (κ2) is 12.8. The third-order valence-corrected chi connectivity index (χ3v) is 5.07. The van der Waals surface area contributed by atoms with Crippen molar-refractivity contribution in [1.82, 2.24) is 5.43 Å². The van der Waals surface area contributed by atoms with E-state index in [1.807, 2.05) is 6.92 Å². The number of hydrogen-bond acceptors (Lipinski definition) is 6. The topological polar surface area (TPSA) is 106 Å². The fourth-order valence-electron chi connectivity index (χ4n) is 2.41. The second-order valence-corrected chi connectivity index (χ2v) is 7.85. The number of amides is 2. The summed E-state index contributed by atoms with van der Waals surface area (Å²) in [6.45, 7) is 3.68. The number of nitrogens with zero attached hydrogens (tertiary/aromatic N) is 1. The van der Waals surface area contributed by atoms with Crippen molar-refractivity contribution in [2.45, 2.75) is 26.7 Å². The van der Waals surface area contributed by atoms with Crippen LogP contribution in [0.4, 0.5) is 5.69 Å². The van der Waals surface area contributed by atoms with Gasteiger partial charge in [-0.25, -0.2) is 10.2 Å². The summed E-state index contributed by atoms with van der Waals surface area (Å²) in [5.74, 6) is -0.678. The van der Waals surface area contributed by atoms with Crippen LogP contribution in [0.3, 0.4) is 0 Å². The molecule has 2 aromatic rings. The first-order chi connectivity index (χ1) is 15.3. The van der Waals surface area contributed by atoms with Crippen LogP contribution in [-0.4, -0.2) is 37.2 Å². The molecule has 10 heteroatoms. The number of rotatable bonds is 10. The first-order valence-corrected chi connectivity index (χ1v) is 10.9. The normalized spacial score (nSPS) is 10.6. The van der Waals surface area contributed by atoms with Gasteiger partial charge in [0.25, 0.3) is 0 Å². The van der Waals surface area contributed by atoms with Gasteiger partial charge in [-0.2, -0.15) is 5.10 Å². The lowest BCUT2D eigenvalue weighted by Gasteiger charge is -2.08. The zero-order valence-electron chi connectivity index (χ0n) is 17.6. The maximum Gasteiger partial charge on any atom is 0.344 e. The highest BCUT2D eigenvalue weighted by atomic mass is 79.9. The van der Waals surface area contributed by atoms with Crippen molar-refractivity contribution in [3.63, 3.8) is 0 Å². The lowest BCUT2D eigenvalue weighted by atomic mass is 10.2. The first kappa shape index (κ1) is 25.4. The molecule has 8 nitrogen and oxygen atoms in total. The first-order valence-electron chi connectivity index (χ1n) is 9.74. The van der Waals surface area contributed by atoms with Gasteiger partial charge in [-0.3, -0.25) is 9.59 Å². The zero-order valence-corrected chi connectivity index (χ0v) is 20.0. The van der Waals surface area contributed by atoms with Gasteiger partial charge >= 0.3 is 5.97 Å². The van der Waals surface area contributed by atoms with Crippen LogP contribution in [0.15, 0.2) is 46.0 Å². The summed E-state index contributed by atoms with van der Waals surface area (Å²) >= 11 is 9.39. The number of aryl methyl sites for hydroxylation is 1. The van der Waals surface area contributed by atoms with E-state index in [0.717, 1.165) is 5.56 Å². The van der Waals surface area contributed by atoms with Gasteiger partial charge in [0.05, 0.1) is 17.3 Å². The lowest BCUT2D eigenvalue weighted by molar-refractivity contribution is -0.145. The molecule has 2 amide bonds. The highest BCUT2D eigenvalue weighted by Gasteiger charge is 2.09. The maximum absolute atomic E-state index is 12.0. The molecule has 32 heavy (non-hydrogen) atoms. The van der Waals surface area contributed by atoms with Crippen molar-refractivity contribution in [3.05, 3.63) is 57.0 Å². The number of nitrogens with one attached hydrogen (secondary N) is 2. The van der Waals surface area contributed by atoms with Crippen molar-refractivity contribution in [1.29, 1.82) is 0 Å².